The van der Waals surface area contributed by atoms with E-state index in [4.69, 9.17) is 5.11 Å². The maximum atomic E-state index is 10.9. The van der Waals surface area contributed by atoms with Crippen LogP contribution in [0.5, 0.6) is 5.75 Å². The van der Waals surface area contributed by atoms with E-state index in [0.29, 0.717) is 0 Å². The topological polar surface area (TPSA) is 57.5 Å². The zero-order valence-electron chi connectivity index (χ0n) is 10.8. The Bertz CT molecular complexity index is 416. The average Bonchev–Trinajstić information content (AvgIpc) is 2.17. The van der Waals surface area contributed by atoms with Crippen LogP contribution >= 0.6 is 0 Å². The van der Waals surface area contributed by atoms with Crippen LogP contribution < -0.4 is 0 Å². The largest absolute Gasteiger partial charge is 0.508 e. The summed E-state index contributed by atoms with van der Waals surface area (Å²) in [5.74, 6) is -0.605. The first-order valence-electron chi connectivity index (χ1n) is 5.73. The van der Waals surface area contributed by atoms with Crippen molar-refractivity contribution >= 4 is 5.97 Å². The smallest absolute Gasteiger partial charge is 0.303 e. The Kier molecular flexibility index (Phi) is 3.81. The van der Waals surface area contributed by atoms with Crippen molar-refractivity contribution < 1.29 is 15.0 Å². The highest BCUT2D eigenvalue weighted by Crippen LogP contribution is 2.38. The Hall–Kier alpha value is -1.51. The molecule has 3 heteroatoms. The van der Waals surface area contributed by atoms with Gasteiger partial charge in [-0.3, -0.25) is 4.79 Å². The quantitative estimate of drug-likeness (QED) is 0.846. The van der Waals surface area contributed by atoms with Gasteiger partial charge in [-0.25, -0.2) is 0 Å². The number of carboxylic acid groups (broad SMARTS) is 1. The molecule has 0 aliphatic carbocycles. The van der Waals surface area contributed by atoms with Crippen molar-refractivity contribution in [1.82, 2.24) is 0 Å². The van der Waals surface area contributed by atoms with Gasteiger partial charge in [0.2, 0.25) is 0 Å². The van der Waals surface area contributed by atoms with Crippen LogP contribution in [0.3, 0.4) is 0 Å². The van der Waals surface area contributed by atoms with Crippen LogP contribution in [0, 0.1) is 12.3 Å². The van der Waals surface area contributed by atoms with Crippen molar-refractivity contribution in [3.63, 3.8) is 0 Å². The maximum absolute atomic E-state index is 10.9. The summed E-state index contributed by atoms with van der Waals surface area (Å²) in [6.45, 7) is 7.91. The van der Waals surface area contributed by atoms with Gasteiger partial charge >= 0.3 is 5.97 Å². The van der Waals surface area contributed by atoms with E-state index in [-0.39, 0.29) is 23.5 Å². The molecule has 94 valence electrons. The lowest BCUT2D eigenvalue weighted by atomic mass is 9.74. The number of aliphatic carboxylic acids is 1. The van der Waals surface area contributed by atoms with Crippen LogP contribution in [0.25, 0.3) is 0 Å². The minimum atomic E-state index is -0.796. The number of aromatic hydroxyl groups is 1. The fraction of sp³-hybridized carbons (Fsp3) is 0.500. The highest BCUT2D eigenvalue weighted by atomic mass is 16.4. The number of benzene rings is 1. The Morgan fingerprint density at radius 2 is 1.94 bits per heavy atom. The Morgan fingerprint density at radius 3 is 2.35 bits per heavy atom. The molecule has 0 saturated carbocycles. The highest BCUT2D eigenvalue weighted by molar-refractivity contribution is 5.68. The molecule has 0 aliphatic rings. The van der Waals surface area contributed by atoms with Crippen molar-refractivity contribution in [2.75, 3.05) is 0 Å². The summed E-state index contributed by atoms with van der Waals surface area (Å²) >= 11 is 0. The average molecular weight is 236 g/mol. The summed E-state index contributed by atoms with van der Waals surface area (Å²) in [6.07, 6.45) is 0.105. The lowest BCUT2D eigenvalue weighted by Crippen LogP contribution is -2.21. The summed E-state index contributed by atoms with van der Waals surface area (Å²) in [4.78, 5) is 10.9. The van der Waals surface area contributed by atoms with Gasteiger partial charge in [0.25, 0.3) is 0 Å². The molecule has 1 rings (SSSR count). The van der Waals surface area contributed by atoms with Crippen LogP contribution in [-0.2, 0) is 4.79 Å². The van der Waals surface area contributed by atoms with Crippen LogP contribution in [0.4, 0.5) is 0 Å². The summed E-state index contributed by atoms with van der Waals surface area (Å²) < 4.78 is 0. The van der Waals surface area contributed by atoms with Gasteiger partial charge in [0.15, 0.2) is 0 Å². The molecule has 0 spiro atoms. The number of hydrogen-bond acceptors (Lipinski definition) is 2. The third-order valence-electron chi connectivity index (χ3n) is 3.05. The fourth-order valence-corrected chi connectivity index (χ4v) is 1.99. The summed E-state index contributed by atoms with van der Waals surface area (Å²) in [7, 11) is 0. The number of aryl methyl sites for hydroxylation is 1. The molecule has 3 nitrogen and oxygen atoms in total. The van der Waals surface area contributed by atoms with Crippen LogP contribution in [0.1, 0.15) is 44.2 Å². The van der Waals surface area contributed by atoms with Crippen LogP contribution in [0.2, 0.25) is 0 Å². The molecule has 0 heterocycles. The molecular formula is C14H20O3. The molecule has 1 aromatic carbocycles. The molecule has 0 fully saturated rings. The third kappa shape index (κ3) is 3.48. The first-order chi connectivity index (χ1) is 7.71. The number of phenolic OH excluding ortho intramolecular Hbond substituents is 1. The lowest BCUT2D eigenvalue weighted by molar-refractivity contribution is -0.138. The van der Waals surface area contributed by atoms with Crippen molar-refractivity contribution in [2.45, 2.75) is 40.0 Å². The molecule has 0 saturated heterocycles. The zero-order chi connectivity index (χ0) is 13.2. The molecule has 1 unspecified atom stereocenters. The van der Waals surface area contributed by atoms with E-state index in [2.05, 4.69) is 0 Å². The first kappa shape index (κ1) is 13.6. The van der Waals surface area contributed by atoms with E-state index in [0.717, 1.165) is 11.1 Å². The minimum Gasteiger partial charge on any atom is -0.508 e. The van der Waals surface area contributed by atoms with Gasteiger partial charge in [0.1, 0.15) is 5.75 Å². The molecule has 1 aromatic rings. The van der Waals surface area contributed by atoms with Crippen molar-refractivity contribution in [1.29, 1.82) is 0 Å². The second-order valence-electron chi connectivity index (χ2n) is 5.56. The van der Waals surface area contributed by atoms with E-state index >= 15 is 0 Å². The summed E-state index contributed by atoms with van der Waals surface area (Å²) in [6, 6.07) is 5.31. The molecule has 17 heavy (non-hydrogen) atoms. The molecule has 2 N–H and O–H groups in total. The zero-order valence-corrected chi connectivity index (χ0v) is 10.8. The van der Waals surface area contributed by atoms with Gasteiger partial charge in [-0.05, 0) is 35.4 Å². The number of hydrogen-bond donors (Lipinski definition) is 2. The maximum Gasteiger partial charge on any atom is 0.303 e. The fourth-order valence-electron chi connectivity index (χ4n) is 1.99. The molecular weight excluding hydrogens is 216 g/mol. The predicted octanol–water partition coefficient (Wildman–Crippen LogP) is 3.31. The van der Waals surface area contributed by atoms with E-state index in [1.54, 1.807) is 12.1 Å². The van der Waals surface area contributed by atoms with Gasteiger partial charge in [0.05, 0.1) is 6.42 Å². The van der Waals surface area contributed by atoms with Crippen LogP contribution in [0.15, 0.2) is 18.2 Å². The number of carbonyl (C=O) groups is 1. The monoisotopic (exact) mass is 236 g/mol. The lowest BCUT2D eigenvalue weighted by Gasteiger charge is -2.30. The molecule has 0 aromatic heterocycles. The van der Waals surface area contributed by atoms with Crippen molar-refractivity contribution in [3.05, 3.63) is 29.3 Å². The van der Waals surface area contributed by atoms with Crippen molar-refractivity contribution in [2.24, 2.45) is 5.41 Å². The Balaban J connectivity index is 3.13. The number of phenols is 1. The van der Waals surface area contributed by atoms with E-state index in [1.807, 2.05) is 33.8 Å². The SMILES string of the molecule is Cc1cc(C(CC(=O)O)C(C)(C)C)ccc1O. The standard InChI is InChI=1S/C14H20O3/c1-9-7-10(5-6-12(9)15)11(8-13(16)17)14(2,3)4/h5-7,11,15H,8H2,1-4H3,(H,16,17). The third-order valence-corrected chi connectivity index (χ3v) is 3.05. The molecule has 0 amide bonds. The summed E-state index contributed by atoms with van der Waals surface area (Å²) in [5, 5.41) is 18.5. The van der Waals surface area contributed by atoms with Gasteiger partial charge in [0, 0.05) is 0 Å². The highest BCUT2D eigenvalue weighted by Gasteiger charge is 2.28. The Morgan fingerprint density at radius 1 is 1.35 bits per heavy atom. The second-order valence-corrected chi connectivity index (χ2v) is 5.56. The van der Waals surface area contributed by atoms with Gasteiger partial charge < -0.3 is 10.2 Å². The number of carboxylic acids is 1. The van der Waals surface area contributed by atoms with E-state index in [9.17, 15) is 9.90 Å². The van der Waals surface area contributed by atoms with Gasteiger partial charge in [-0.2, -0.15) is 0 Å². The van der Waals surface area contributed by atoms with Gasteiger partial charge in [-0.1, -0.05) is 32.9 Å². The van der Waals surface area contributed by atoms with Gasteiger partial charge in [-0.15, -0.1) is 0 Å². The van der Waals surface area contributed by atoms with Crippen LogP contribution in [-0.4, -0.2) is 16.2 Å². The van der Waals surface area contributed by atoms with Crippen molar-refractivity contribution in [3.8, 4) is 5.75 Å². The predicted molar refractivity (Wildman–Crippen MR) is 67.3 cm³/mol. The van der Waals surface area contributed by atoms with E-state index in [1.165, 1.54) is 0 Å². The molecule has 0 bridgehead atoms. The minimum absolute atomic E-state index is 0.0562. The molecule has 0 radical (unpaired) electrons. The number of rotatable bonds is 3. The Labute approximate surface area is 102 Å². The van der Waals surface area contributed by atoms with E-state index < -0.39 is 5.97 Å². The normalized spacial score (nSPS) is 13.4. The molecule has 0 aliphatic heterocycles. The second kappa shape index (κ2) is 4.78. The summed E-state index contributed by atoms with van der Waals surface area (Å²) in [5.41, 5.74) is 1.62. The first-order valence-corrected chi connectivity index (χ1v) is 5.73. The molecule has 1 atom stereocenters.